The Bertz CT molecular complexity index is 783. The van der Waals surface area contributed by atoms with Crippen LogP contribution in [-0.2, 0) is 4.74 Å². The number of ether oxygens (including phenoxy) is 2. The van der Waals surface area contributed by atoms with Crippen LogP contribution >= 0.6 is 11.6 Å². The Hall–Kier alpha value is -2.38. The Morgan fingerprint density at radius 2 is 1.96 bits per heavy atom. The van der Waals surface area contributed by atoms with Crippen molar-refractivity contribution in [3.8, 4) is 5.75 Å². The maximum atomic E-state index is 12.3. The first-order chi connectivity index (χ1) is 12.4. The molecule has 0 radical (unpaired) electrons. The van der Waals surface area contributed by atoms with Crippen LogP contribution in [0.1, 0.15) is 28.3 Å². The fourth-order valence-electron chi connectivity index (χ4n) is 2.32. The van der Waals surface area contributed by atoms with E-state index in [1.807, 2.05) is 13.0 Å². The van der Waals surface area contributed by atoms with Crippen molar-refractivity contribution in [3.05, 3.63) is 40.3 Å². The number of aryl methyl sites for hydroxylation is 2. The summed E-state index contributed by atoms with van der Waals surface area (Å²) in [5.41, 5.74) is 1.90. The molecular weight excluding hydrogens is 356 g/mol. The lowest BCUT2D eigenvalue weighted by Crippen LogP contribution is -2.26. The van der Waals surface area contributed by atoms with Crippen molar-refractivity contribution in [2.75, 3.05) is 32.7 Å². The zero-order chi connectivity index (χ0) is 19.1. The molecular formula is C18H23ClN4O3. The first-order valence-electron chi connectivity index (χ1n) is 8.18. The molecule has 1 amide bonds. The monoisotopic (exact) mass is 378 g/mol. The van der Waals surface area contributed by atoms with Crippen LogP contribution in [0.15, 0.2) is 18.2 Å². The molecule has 0 atom stereocenters. The molecule has 0 unspecified atom stereocenters. The molecule has 0 spiro atoms. The highest BCUT2D eigenvalue weighted by Gasteiger charge is 2.12. The second-order valence-corrected chi connectivity index (χ2v) is 6.12. The van der Waals surface area contributed by atoms with Gasteiger partial charge < -0.3 is 20.1 Å². The molecule has 0 aliphatic carbocycles. The van der Waals surface area contributed by atoms with Crippen molar-refractivity contribution < 1.29 is 14.3 Å². The van der Waals surface area contributed by atoms with Gasteiger partial charge in [-0.25, -0.2) is 9.97 Å². The van der Waals surface area contributed by atoms with Crippen LogP contribution in [0.5, 0.6) is 5.75 Å². The number of nitrogens with one attached hydrogen (secondary N) is 2. The fourth-order valence-corrected chi connectivity index (χ4v) is 2.48. The third kappa shape index (κ3) is 5.31. The summed E-state index contributed by atoms with van der Waals surface area (Å²) in [6, 6.07) is 5.20. The second kappa shape index (κ2) is 9.35. The highest BCUT2D eigenvalue weighted by Crippen LogP contribution is 2.32. The normalized spacial score (nSPS) is 10.5. The minimum Gasteiger partial charge on any atom is -0.495 e. The summed E-state index contributed by atoms with van der Waals surface area (Å²) in [6.07, 6.45) is 0.735. The highest BCUT2D eigenvalue weighted by molar-refractivity contribution is 6.31. The molecule has 8 heteroatoms. The second-order valence-electron chi connectivity index (χ2n) is 5.71. The lowest BCUT2D eigenvalue weighted by molar-refractivity contribution is 0.0943. The summed E-state index contributed by atoms with van der Waals surface area (Å²) < 4.78 is 10.3. The van der Waals surface area contributed by atoms with Crippen LogP contribution in [0.25, 0.3) is 0 Å². The van der Waals surface area contributed by atoms with Crippen molar-refractivity contribution in [2.24, 2.45) is 0 Å². The molecule has 1 heterocycles. The summed E-state index contributed by atoms with van der Waals surface area (Å²) in [5, 5.41) is 6.59. The zero-order valence-electron chi connectivity index (χ0n) is 15.4. The topological polar surface area (TPSA) is 85.4 Å². The van der Waals surface area contributed by atoms with Gasteiger partial charge in [0.1, 0.15) is 23.1 Å². The van der Waals surface area contributed by atoms with E-state index in [1.54, 1.807) is 33.3 Å². The number of hydrogen-bond acceptors (Lipinski definition) is 6. The van der Waals surface area contributed by atoms with Gasteiger partial charge in [0.25, 0.3) is 5.91 Å². The highest BCUT2D eigenvalue weighted by atomic mass is 35.5. The minimum atomic E-state index is -0.256. The summed E-state index contributed by atoms with van der Waals surface area (Å²) >= 11 is 6.14. The van der Waals surface area contributed by atoms with Gasteiger partial charge in [0.05, 0.1) is 12.8 Å². The van der Waals surface area contributed by atoms with Gasteiger partial charge in [-0.2, -0.15) is 0 Å². The predicted molar refractivity (Wildman–Crippen MR) is 102 cm³/mol. The first-order valence-corrected chi connectivity index (χ1v) is 8.56. The molecule has 1 aromatic carbocycles. The lowest BCUT2D eigenvalue weighted by atomic mass is 10.2. The van der Waals surface area contributed by atoms with E-state index in [0.717, 1.165) is 12.0 Å². The Morgan fingerprint density at radius 3 is 2.65 bits per heavy atom. The van der Waals surface area contributed by atoms with Gasteiger partial charge in [-0.1, -0.05) is 11.6 Å². The van der Waals surface area contributed by atoms with Crippen molar-refractivity contribution in [2.45, 2.75) is 20.3 Å². The third-order valence-electron chi connectivity index (χ3n) is 3.62. The van der Waals surface area contributed by atoms with E-state index < -0.39 is 0 Å². The molecule has 0 saturated carbocycles. The van der Waals surface area contributed by atoms with Crippen molar-refractivity contribution in [3.63, 3.8) is 0 Å². The van der Waals surface area contributed by atoms with E-state index >= 15 is 0 Å². The Morgan fingerprint density at radius 1 is 1.19 bits per heavy atom. The first kappa shape index (κ1) is 19.9. The molecule has 2 aromatic rings. The molecule has 2 N–H and O–H groups in total. The summed E-state index contributed by atoms with van der Waals surface area (Å²) in [5.74, 6) is 1.32. The number of anilines is 2. The molecule has 0 fully saturated rings. The van der Waals surface area contributed by atoms with Crippen molar-refractivity contribution in [1.29, 1.82) is 0 Å². The van der Waals surface area contributed by atoms with Gasteiger partial charge in [0.15, 0.2) is 0 Å². The smallest absolute Gasteiger partial charge is 0.270 e. The van der Waals surface area contributed by atoms with Gasteiger partial charge in [-0.15, -0.1) is 0 Å². The predicted octanol–water partition coefficient (Wildman–Crippen LogP) is 3.27. The van der Waals surface area contributed by atoms with Crippen LogP contribution in [-0.4, -0.2) is 43.2 Å². The molecule has 26 heavy (non-hydrogen) atoms. The zero-order valence-corrected chi connectivity index (χ0v) is 16.1. The number of hydrogen-bond donors (Lipinski definition) is 2. The summed E-state index contributed by atoms with van der Waals surface area (Å²) in [6.45, 7) is 4.74. The average Bonchev–Trinajstić information content (AvgIpc) is 2.61. The minimum absolute atomic E-state index is 0.256. The van der Waals surface area contributed by atoms with Crippen LogP contribution < -0.4 is 15.4 Å². The Kier molecular flexibility index (Phi) is 7.17. The van der Waals surface area contributed by atoms with Crippen molar-refractivity contribution in [1.82, 2.24) is 15.3 Å². The Labute approximate surface area is 158 Å². The van der Waals surface area contributed by atoms with E-state index in [-0.39, 0.29) is 5.91 Å². The van der Waals surface area contributed by atoms with Gasteiger partial charge in [0.2, 0.25) is 0 Å². The number of carbonyl (C=O) groups is 1. The van der Waals surface area contributed by atoms with E-state index in [2.05, 4.69) is 20.6 Å². The molecule has 0 aliphatic heterocycles. The van der Waals surface area contributed by atoms with E-state index in [9.17, 15) is 4.79 Å². The number of amides is 1. The molecule has 2 rings (SSSR count). The molecule has 140 valence electrons. The van der Waals surface area contributed by atoms with Crippen LogP contribution in [0.3, 0.4) is 0 Å². The maximum absolute atomic E-state index is 12.3. The standard InChI is InChI=1S/C18H23ClN4O3/c1-11-8-14(16(26-4)9-13(11)19)23-17-10-15(21-12(2)22-17)18(24)20-6-5-7-25-3/h8-10H,5-7H2,1-4H3,(H,20,24)(H,21,22,23). The third-order valence-corrected chi connectivity index (χ3v) is 4.03. The van der Waals surface area contributed by atoms with Crippen molar-refractivity contribution >= 4 is 29.0 Å². The van der Waals surface area contributed by atoms with Crippen LogP contribution in [0.4, 0.5) is 11.5 Å². The molecule has 0 saturated heterocycles. The summed E-state index contributed by atoms with van der Waals surface area (Å²) in [7, 11) is 3.19. The van der Waals surface area contributed by atoms with Gasteiger partial charge in [-0.05, 0) is 31.9 Å². The SMILES string of the molecule is COCCCNC(=O)c1cc(Nc2cc(C)c(Cl)cc2OC)nc(C)n1. The van der Waals surface area contributed by atoms with E-state index in [1.165, 1.54) is 0 Å². The van der Waals surface area contributed by atoms with Crippen LogP contribution in [0.2, 0.25) is 5.02 Å². The number of methoxy groups -OCH3 is 2. The lowest BCUT2D eigenvalue weighted by Gasteiger charge is -2.13. The number of nitrogens with zero attached hydrogens (tertiary/aromatic N) is 2. The van der Waals surface area contributed by atoms with Crippen LogP contribution in [0, 0.1) is 13.8 Å². The molecule has 0 aliphatic rings. The fraction of sp³-hybridized carbons (Fsp3) is 0.389. The van der Waals surface area contributed by atoms with E-state index in [0.29, 0.717) is 46.9 Å². The number of aromatic nitrogens is 2. The Balaban J connectivity index is 2.19. The number of rotatable bonds is 8. The molecule has 0 bridgehead atoms. The van der Waals surface area contributed by atoms with E-state index in [4.69, 9.17) is 21.1 Å². The average molecular weight is 379 g/mol. The van der Waals surface area contributed by atoms with Gasteiger partial charge in [-0.3, -0.25) is 4.79 Å². The number of halogens is 1. The van der Waals surface area contributed by atoms with Gasteiger partial charge >= 0.3 is 0 Å². The summed E-state index contributed by atoms with van der Waals surface area (Å²) in [4.78, 5) is 20.8. The maximum Gasteiger partial charge on any atom is 0.270 e. The number of benzene rings is 1. The number of carbonyl (C=O) groups excluding carboxylic acids is 1. The molecule has 7 nitrogen and oxygen atoms in total. The van der Waals surface area contributed by atoms with Gasteiger partial charge in [0, 0.05) is 37.4 Å². The largest absolute Gasteiger partial charge is 0.495 e. The molecule has 1 aromatic heterocycles. The quantitative estimate of drug-likeness (QED) is 0.686.